The molecule has 0 bridgehead atoms. The number of benzene rings is 1. The molecule has 8 heteroatoms. The van der Waals surface area contributed by atoms with Gasteiger partial charge in [-0.15, -0.1) is 0 Å². The highest BCUT2D eigenvalue weighted by atomic mass is 35.5. The minimum atomic E-state index is -1.02. The van der Waals surface area contributed by atoms with Crippen molar-refractivity contribution < 1.29 is 23.8 Å². The molecular weight excluding hydrogens is 336 g/mol. The Balaban J connectivity index is 2.30. The number of hydrogen-bond acceptors (Lipinski definition) is 3. The number of carbonyl (C=O) groups is 2. The van der Waals surface area contributed by atoms with Crippen LogP contribution >= 0.6 is 23.2 Å². The summed E-state index contributed by atoms with van der Waals surface area (Å²) in [4.78, 5) is 24.9. The number of methoxy groups -OCH3 is 1. The summed E-state index contributed by atoms with van der Waals surface area (Å²) in [5, 5.41) is 8.79. The first-order chi connectivity index (χ1) is 10.3. The molecule has 1 N–H and O–H groups in total. The molecule has 2 unspecified atom stereocenters. The van der Waals surface area contributed by atoms with Crippen LogP contribution in [0.2, 0.25) is 10.0 Å². The van der Waals surface area contributed by atoms with Crippen LogP contribution in [0, 0.1) is 5.82 Å². The number of ether oxygens (including phenoxy) is 1. The smallest absolute Gasteiger partial charge is 0.305 e. The Morgan fingerprint density at radius 1 is 1.41 bits per heavy atom. The molecule has 0 radical (unpaired) electrons. The molecular formula is C14H14Cl2FNO4. The van der Waals surface area contributed by atoms with Crippen LogP contribution in [0.25, 0.3) is 0 Å². The van der Waals surface area contributed by atoms with E-state index in [4.69, 9.17) is 33.0 Å². The van der Waals surface area contributed by atoms with E-state index in [0.29, 0.717) is 6.42 Å². The molecule has 1 aromatic carbocycles. The van der Waals surface area contributed by atoms with Crippen molar-refractivity contribution in [3.8, 4) is 0 Å². The zero-order valence-corrected chi connectivity index (χ0v) is 13.2. The van der Waals surface area contributed by atoms with Crippen LogP contribution in [0.4, 0.5) is 4.39 Å². The molecule has 1 saturated heterocycles. The van der Waals surface area contributed by atoms with Gasteiger partial charge in [-0.2, -0.15) is 0 Å². The molecule has 1 amide bonds. The van der Waals surface area contributed by atoms with Gasteiger partial charge in [0.05, 0.1) is 28.1 Å². The molecule has 22 heavy (non-hydrogen) atoms. The Bertz CT molecular complexity index is 611. The highest BCUT2D eigenvalue weighted by Gasteiger charge is 2.37. The van der Waals surface area contributed by atoms with Gasteiger partial charge in [-0.05, 0) is 18.6 Å². The quantitative estimate of drug-likeness (QED) is 0.848. The van der Waals surface area contributed by atoms with Crippen LogP contribution in [-0.2, 0) is 9.53 Å². The number of aliphatic carboxylic acids is 1. The van der Waals surface area contributed by atoms with Gasteiger partial charge < -0.3 is 14.7 Å². The van der Waals surface area contributed by atoms with E-state index in [2.05, 4.69) is 0 Å². The Hall–Kier alpha value is -1.37. The van der Waals surface area contributed by atoms with Gasteiger partial charge in [0.2, 0.25) is 0 Å². The van der Waals surface area contributed by atoms with Crippen LogP contribution < -0.4 is 0 Å². The molecule has 0 aromatic heterocycles. The van der Waals surface area contributed by atoms with Crippen LogP contribution in [0.3, 0.4) is 0 Å². The Labute approximate surface area is 136 Å². The van der Waals surface area contributed by atoms with Crippen LogP contribution in [0.15, 0.2) is 12.1 Å². The number of carboxylic acid groups (broad SMARTS) is 1. The number of amides is 1. The number of likely N-dealkylation sites (tertiary alicyclic amines) is 1. The first-order valence-corrected chi connectivity index (χ1v) is 7.29. The lowest BCUT2D eigenvalue weighted by Gasteiger charge is -2.23. The number of nitrogens with zero attached hydrogens (tertiary/aromatic N) is 1. The second-order valence-corrected chi connectivity index (χ2v) is 5.86. The van der Waals surface area contributed by atoms with E-state index in [1.165, 1.54) is 12.0 Å². The number of carbonyl (C=O) groups excluding carboxylic acids is 1. The second-order valence-electron chi connectivity index (χ2n) is 5.05. The summed E-state index contributed by atoms with van der Waals surface area (Å²) in [6, 6.07) is 1.59. The van der Waals surface area contributed by atoms with Crippen LogP contribution in [0.1, 0.15) is 23.2 Å². The third-order valence-corrected chi connectivity index (χ3v) is 4.22. The average Bonchev–Trinajstić information content (AvgIpc) is 2.84. The van der Waals surface area contributed by atoms with Gasteiger partial charge in [0, 0.05) is 19.7 Å². The van der Waals surface area contributed by atoms with Gasteiger partial charge in [0.1, 0.15) is 5.82 Å². The highest BCUT2D eigenvalue weighted by Crippen LogP contribution is 2.29. The number of carboxylic acids is 1. The summed E-state index contributed by atoms with van der Waals surface area (Å²) in [7, 11) is 1.49. The molecule has 5 nitrogen and oxygen atoms in total. The van der Waals surface area contributed by atoms with Crippen LogP contribution in [0.5, 0.6) is 0 Å². The summed E-state index contributed by atoms with van der Waals surface area (Å²) in [6.45, 7) is 0.230. The fraction of sp³-hybridized carbons (Fsp3) is 0.429. The predicted molar refractivity (Wildman–Crippen MR) is 78.9 cm³/mol. The van der Waals surface area contributed by atoms with Gasteiger partial charge in [0.15, 0.2) is 0 Å². The maximum Gasteiger partial charge on any atom is 0.305 e. The molecule has 2 rings (SSSR count). The third kappa shape index (κ3) is 3.51. The van der Waals surface area contributed by atoms with Crippen molar-refractivity contribution in [2.45, 2.75) is 25.0 Å². The fourth-order valence-corrected chi connectivity index (χ4v) is 2.99. The molecule has 1 aliphatic heterocycles. The van der Waals surface area contributed by atoms with E-state index >= 15 is 0 Å². The highest BCUT2D eigenvalue weighted by molar-refractivity contribution is 6.36. The van der Waals surface area contributed by atoms with Crippen molar-refractivity contribution in [1.29, 1.82) is 0 Å². The number of halogens is 3. The molecule has 0 spiro atoms. The third-order valence-electron chi connectivity index (χ3n) is 3.62. The average molecular weight is 350 g/mol. The minimum Gasteiger partial charge on any atom is -0.481 e. The van der Waals surface area contributed by atoms with E-state index in [0.717, 1.165) is 12.1 Å². The van der Waals surface area contributed by atoms with E-state index in [-0.39, 0.29) is 34.7 Å². The summed E-state index contributed by atoms with van der Waals surface area (Å²) in [5.41, 5.74) is -0.0456. The molecule has 1 fully saturated rings. The maximum atomic E-state index is 13.6. The van der Waals surface area contributed by atoms with Crippen molar-refractivity contribution >= 4 is 35.1 Å². The van der Waals surface area contributed by atoms with Crippen molar-refractivity contribution in [1.82, 2.24) is 4.90 Å². The standard InChI is InChI=1S/C14H14Cl2FNO4/c1-22-8-2-7(3-13(19)20)18(6-8)14(21)9-4-12(17)11(16)5-10(9)15/h4-5,7-8H,2-3,6H2,1H3,(H,19,20). The SMILES string of the molecule is COC1CC(CC(=O)O)N(C(=O)c2cc(F)c(Cl)cc2Cl)C1. The maximum absolute atomic E-state index is 13.6. The van der Waals surface area contributed by atoms with Gasteiger partial charge in [-0.1, -0.05) is 23.2 Å². The number of hydrogen-bond donors (Lipinski definition) is 1. The second kappa shape index (κ2) is 6.81. The molecule has 1 aliphatic rings. The van der Waals surface area contributed by atoms with Gasteiger partial charge in [0.25, 0.3) is 5.91 Å². The summed E-state index contributed by atoms with van der Waals surface area (Å²) < 4.78 is 18.8. The monoisotopic (exact) mass is 349 g/mol. The fourth-order valence-electron chi connectivity index (χ4n) is 2.53. The van der Waals surface area contributed by atoms with E-state index < -0.39 is 23.7 Å². The zero-order valence-electron chi connectivity index (χ0n) is 11.7. The topological polar surface area (TPSA) is 66.8 Å². The predicted octanol–water partition coefficient (Wildman–Crippen LogP) is 2.84. The minimum absolute atomic E-state index is 0.0198. The molecule has 1 aromatic rings. The summed E-state index contributed by atoms with van der Waals surface area (Å²) in [6.07, 6.45) is -0.0640. The van der Waals surface area contributed by atoms with Crippen molar-refractivity contribution in [3.05, 3.63) is 33.6 Å². The summed E-state index contributed by atoms with van der Waals surface area (Å²) in [5.74, 6) is -2.31. The summed E-state index contributed by atoms with van der Waals surface area (Å²) >= 11 is 11.6. The molecule has 1 heterocycles. The molecule has 2 atom stereocenters. The van der Waals surface area contributed by atoms with Gasteiger partial charge >= 0.3 is 5.97 Å². The molecule has 0 saturated carbocycles. The lowest BCUT2D eigenvalue weighted by atomic mass is 10.1. The van der Waals surface area contributed by atoms with E-state index in [1.54, 1.807) is 0 Å². The van der Waals surface area contributed by atoms with E-state index in [9.17, 15) is 14.0 Å². The van der Waals surface area contributed by atoms with Crippen molar-refractivity contribution in [3.63, 3.8) is 0 Å². The first kappa shape index (κ1) is 17.0. The first-order valence-electron chi connectivity index (χ1n) is 6.53. The van der Waals surface area contributed by atoms with Gasteiger partial charge in [-0.25, -0.2) is 4.39 Å². The largest absolute Gasteiger partial charge is 0.481 e. The normalized spacial score (nSPS) is 21.2. The zero-order chi connectivity index (χ0) is 16.4. The van der Waals surface area contributed by atoms with E-state index in [1.807, 2.05) is 0 Å². The Morgan fingerprint density at radius 2 is 2.09 bits per heavy atom. The lowest BCUT2D eigenvalue weighted by Crippen LogP contribution is -2.37. The Kier molecular flexibility index (Phi) is 5.26. The van der Waals surface area contributed by atoms with Crippen molar-refractivity contribution in [2.24, 2.45) is 0 Å². The van der Waals surface area contributed by atoms with Gasteiger partial charge in [-0.3, -0.25) is 9.59 Å². The molecule has 120 valence electrons. The lowest BCUT2D eigenvalue weighted by molar-refractivity contribution is -0.137. The number of rotatable bonds is 4. The van der Waals surface area contributed by atoms with Crippen molar-refractivity contribution in [2.75, 3.05) is 13.7 Å². The Morgan fingerprint density at radius 3 is 2.68 bits per heavy atom. The molecule has 0 aliphatic carbocycles. The van der Waals surface area contributed by atoms with Crippen LogP contribution in [-0.4, -0.2) is 47.7 Å².